The predicted octanol–water partition coefficient (Wildman–Crippen LogP) is 6.26. The SMILES string of the molecule is O=C(O)CCCC(N=C(c1ccccc1)c1ccccc1)c1ccc(I)cc1F. The monoisotopic (exact) mass is 501 g/mol. The van der Waals surface area contributed by atoms with Crippen molar-refractivity contribution in [2.75, 3.05) is 0 Å². The summed E-state index contributed by atoms with van der Waals surface area (Å²) in [5, 5.41) is 9.01. The van der Waals surface area contributed by atoms with E-state index >= 15 is 0 Å². The van der Waals surface area contributed by atoms with Crippen molar-refractivity contribution in [3.63, 3.8) is 0 Å². The molecule has 3 aromatic carbocycles. The average Bonchev–Trinajstić information content (AvgIpc) is 2.72. The molecule has 1 atom stereocenters. The summed E-state index contributed by atoms with van der Waals surface area (Å²) in [6.07, 6.45) is 0.906. The van der Waals surface area contributed by atoms with E-state index in [1.165, 1.54) is 6.07 Å². The van der Waals surface area contributed by atoms with Crippen molar-refractivity contribution in [2.45, 2.75) is 25.3 Å². The predicted molar refractivity (Wildman–Crippen MR) is 122 cm³/mol. The molecular formula is C24H21FINO2. The maximum absolute atomic E-state index is 14.8. The maximum Gasteiger partial charge on any atom is 0.303 e. The lowest BCUT2D eigenvalue weighted by molar-refractivity contribution is -0.137. The van der Waals surface area contributed by atoms with E-state index < -0.39 is 12.0 Å². The number of aliphatic carboxylic acids is 1. The molecule has 0 aromatic heterocycles. The van der Waals surface area contributed by atoms with Crippen LogP contribution >= 0.6 is 22.6 Å². The summed E-state index contributed by atoms with van der Waals surface area (Å²) >= 11 is 2.07. The van der Waals surface area contributed by atoms with Crippen LogP contribution in [-0.4, -0.2) is 16.8 Å². The van der Waals surface area contributed by atoms with E-state index in [0.29, 0.717) is 18.4 Å². The van der Waals surface area contributed by atoms with Crippen LogP contribution in [-0.2, 0) is 4.79 Å². The summed E-state index contributed by atoms with van der Waals surface area (Å²) < 4.78 is 15.6. The Bertz CT molecular complexity index is 949. The number of aliphatic imine (C=N–C) groups is 1. The lowest BCUT2D eigenvalue weighted by Crippen LogP contribution is -2.09. The second-order valence-corrected chi connectivity index (χ2v) is 7.92. The highest BCUT2D eigenvalue weighted by Gasteiger charge is 2.18. The third-order valence-electron chi connectivity index (χ3n) is 4.57. The zero-order chi connectivity index (χ0) is 20.6. The summed E-state index contributed by atoms with van der Waals surface area (Å²) in [5.41, 5.74) is 3.13. The van der Waals surface area contributed by atoms with Gasteiger partial charge in [0.2, 0.25) is 0 Å². The van der Waals surface area contributed by atoms with Gasteiger partial charge in [-0.1, -0.05) is 66.7 Å². The fourth-order valence-electron chi connectivity index (χ4n) is 3.17. The maximum atomic E-state index is 14.8. The Balaban J connectivity index is 2.07. The number of carboxylic acids is 1. The molecule has 0 heterocycles. The van der Waals surface area contributed by atoms with Gasteiger partial charge >= 0.3 is 5.97 Å². The molecule has 0 aliphatic rings. The Morgan fingerprint density at radius 3 is 2.07 bits per heavy atom. The topological polar surface area (TPSA) is 49.7 Å². The zero-order valence-corrected chi connectivity index (χ0v) is 17.9. The van der Waals surface area contributed by atoms with Crippen molar-refractivity contribution in [1.29, 1.82) is 0 Å². The molecule has 0 aliphatic heterocycles. The summed E-state index contributed by atoms with van der Waals surface area (Å²) in [6.45, 7) is 0. The van der Waals surface area contributed by atoms with Crippen LogP contribution in [0, 0.1) is 9.39 Å². The van der Waals surface area contributed by atoms with Crippen LogP contribution in [0.15, 0.2) is 83.9 Å². The minimum Gasteiger partial charge on any atom is -0.481 e. The van der Waals surface area contributed by atoms with Crippen molar-refractivity contribution in [3.05, 3.63) is 105 Å². The van der Waals surface area contributed by atoms with Gasteiger partial charge in [-0.2, -0.15) is 0 Å². The first-order chi connectivity index (χ1) is 14.0. The molecule has 5 heteroatoms. The highest BCUT2D eigenvalue weighted by Crippen LogP contribution is 2.29. The molecule has 3 rings (SSSR count). The average molecular weight is 501 g/mol. The number of benzene rings is 3. The molecule has 0 bridgehead atoms. The van der Waals surface area contributed by atoms with Crippen LogP contribution < -0.4 is 0 Å². The fourth-order valence-corrected chi connectivity index (χ4v) is 3.62. The van der Waals surface area contributed by atoms with Crippen molar-refractivity contribution in [3.8, 4) is 0 Å². The number of hydrogen-bond donors (Lipinski definition) is 1. The Hall–Kier alpha value is -2.54. The van der Waals surface area contributed by atoms with Crippen molar-refractivity contribution in [2.24, 2.45) is 4.99 Å². The number of rotatable bonds is 8. The highest BCUT2D eigenvalue weighted by atomic mass is 127. The lowest BCUT2D eigenvalue weighted by Gasteiger charge is -2.17. The summed E-state index contributed by atoms with van der Waals surface area (Å²) in [7, 11) is 0. The van der Waals surface area contributed by atoms with Crippen molar-refractivity contribution < 1.29 is 14.3 Å². The summed E-state index contributed by atoms with van der Waals surface area (Å²) in [5.74, 6) is -1.18. The van der Waals surface area contributed by atoms with Crippen LogP contribution in [0.3, 0.4) is 0 Å². The van der Waals surface area contributed by atoms with Crippen LogP contribution in [0.25, 0.3) is 0 Å². The molecule has 0 fully saturated rings. The van der Waals surface area contributed by atoms with Crippen LogP contribution in [0.1, 0.15) is 42.0 Å². The van der Waals surface area contributed by atoms with Crippen molar-refractivity contribution in [1.82, 2.24) is 0 Å². The Morgan fingerprint density at radius 2 is 1.55 bits per heavy atom. The fraction of sp³-hybridized carbons (Fsp3) is 0.167. The zero-order valence-electron chi connectivity index (χ0n) is 15.8. The van der Waals surface area contributed by atoms with E-state index in [-0.39, 0.29) is 12.2 Å². The second-order valence-electron chi connectivity index (χ2n) is 6.68. The number of halogens is 2. The van der Waals surface area contributed by atoms with Crippen LogP contribution in [0.4, 0.5) is 4.39 Å². The first-order valence-electron chi connectivity index (χ1n) is 9.40. The molecule has 3 aromatic rings. The molecule has 1 N–H and O–H groups in total. The van der Waals surface area contributed by atoms with Gasteiger partial charge in [0.25, 0.3) is 0 Å². The third kappa shape index (κ3) is 5.97. The standard InChI is InChI=1S/C24H21FINO2/c25-21-16-19(26)14-15-20(21)22(12-7-13-23(28)29)27-24(17-8-3-1-4-9-17)18-10-5-2-6-11-18/h1-6,8-11,14-16,22H,7,12-13H2,(H,28,29). The first kappa shape index (κ1) is 21.2. The molecule has 3 nitrogen and oxygen atoms in total. The van der Waals surface area contributed by atoms with Crippen LogP contribution in [0.2, 0.25) is 0 Å². The van der Waals surface area contributed by atoms with E-state index in [9.17, 15) is 9.18 Å². The molecule has 29 heavy (non-hydrogen) atoms. The molecule has 0 amide bonds. The number of hydrogen-bond acceptors (Lipinski definition) is 2. The largest absolute Gasteiger partial charge is 0.481 e. The van der Waals surface area contributed by atoms with Gasteiger partial charge in [0.05, 0.1) is 11.8 Å². The van der Waals surface area contributed by atoms with Gasteiger partial charge in [-0.25, -0.2) is 4.39 Å². The molecule has 0 spiro atoms. The summed E-state index contributed by atoms with van der Waals surface area (Å²) in [6, 6.07) is 24.2. The number of carboxylic acid groups (broad SMARTS) is 1. The molecule has 148 valence electrons. The third-order valence-corrected chi connectivity index (χ3v) is 5.24. The van der Waals surface area contributed by atoms with E-state index in [2.05, 4.69) is 22.6 Å². The van der Waals surface area contributed by atoms with E-state index in [0.717, 1.165) is 20.4 Å². The minimum atomic E-state index is -0.859. The Kier molecular flexibility index (Phi) is 7.52. The lowest BCUT2D eigenvalue weighted by atomic mass is 9.98. The molecule has 0 radical (unpaired) electrons. The number of carbonyl (C=O) groups is 1. The molecule has 0 aliphatic carbocycles. The Morgan fingerprint density at radius 1 is 0.966 bits per heavy atom. The van der Waals surface area contributed by atoms with Gasteiger partial charge in [-0.15, -0.1) is 0 Å². The van der Waals surface area contributed by atoms with E-state index in [1.807, 2.05) is 66.7 Å². The molecule has 1 unspecified atom stereocenters. The van der Waals surface area contributed by atoms with E-state index in [1.54, 1.807) is 6.07 Å². The highest BCUT2D eigenvalue weighted by molar-refractivity contribution is 14.1. The normalized spacial score (nSPS) is 11.7. The second kappa shape index (κ2) is 10.3. The molecule has 0 saturated carbocycles. The summed E-state index contributed by atoms with van der Waals surface area (Å²) in [4.78, 5) is 15.9. The quantitative estimate of drug-likeness (QED) is 0.293. The van der Waals surface area contributed by atoms with Gasteiger partial charge in [-0.05, 0) is 47.6 Å². The van der Waals surface area contributed by atoms with Gasteiger partial charge in [0.15, 0.2) is 0 Å². The molecule has 0 saturated heterocycles. The van der Waals surface area contributed by atoms with E-state index in [4.69, 9.17) is 10.1 Å². The van der Waals surface area contributed by atoms with Crippen LogP contribution in [0.5, 0.6) is 0 Å². The van der Waals surface area contributed by atoms with Gasteiger partial charge in [0.1, 0.15) is 5.82 Å². The van der Waals surface area contributed by atoms with Gasteiger partial charge < -0.3 is 5.11 Å². The smallest absolute Gasteiger partial charge is 0.303 e. The van der Waals surface area contributed by atoms with Gasteiger partial charge in [-0.3, -0.25) is 9.79 Å². The Labute approximate surface area is 183 Å². The first-order valence-corrected chi connectivity index (χ1v) is 10.5. The number of nitrogens with zero attached hydrogens (tertiary/aromatic N) is 1. The van der Waals surface area contributed by atoms with Crippen molar-refractivity contribution >= 4 is 34.3 Å². The minimum absolute atomic E-state index is 0.0318. The van der Waals surface area contributed by atoms with Gasteiger partial charge in [0, 0.05) is 26.7 Å². The molecular weight excluding hydrogens is 480 g/mol.